The lowest BCUT2D eigenvalue weighted by molar-refractivity contribution is 0.393. The fraction of sp³-hybridized carbons (Fsp3) is 0.350. The Morgan fingerprint density at radius 1 is 1.22 bits per heavy atom. The van der Waals surface area contributed by atoms with Crippen LogP contribution in [0.1, 0.15) is 44.7 Å². The third-order valence-corrected chi connectivity index (χ3v) is 3.57. The molecule has 0 radical (unpaired) electrons. The predicted molar refractivity (Wildman–Crippen MR) is 98.5 cm³/mol. The van der Waals surface area contributed by atoms with Gasteiger partial charge >= 0.3 is 0 Å². The zero-order valence-electron chi connectivity index (χ0n) is 14.8. The summed E-state index contributed by atoms with van der Waals surface area (Å²) in [6.45, 7) is 8.53. The highest BCUT2D eigenvalue weighted by atomic mass is 16.5. The maximum atomic E-state index is 5.13. The van der Waals surface area contributed by atoms with E-state index in [1.54, 1.807) is 6.20 Å². The Bertz CT molecular complexity index is 722. The van der Waals surface area contributed by atoms with Crippen LogP contribution in [0.2, 0.25) is 0 Å². The number of rotatable bonds is 4. The first kappa shape index (κ1) is 18.9. The summed E-state index contributed by atoms with van der Waals surface area (Å²) >= 11 is 0. The van der Waals surface area contributed by atoms with E-state index in [1.807, 2.05) is 13.0 Å². The third-order valence-electron chi connectivity index (χ3n) is 3.57. The van der Waals surface area contributed by atoms with Gasteiger partial charge < -0.3 is 10.3 Å². The van der Waals surface area contributed by atoms with Crippen LogP contribution in [-0.4, -0.2) is 12.2 Å². The van der Waals surface area contributed by atoms with Crippen molar-refractivity contribution in [1.82, 2.24) is 5.16 Å². The van der Waals surface area contributed by atoms with E-state index in [-0.39, 0.29) is 0 Å². The lowest BCUT2D eigenvalue weighted by atomic mass is 9.99. The van der Waals surface area contributed by atoms with Gasteiger partial charge in [0, 0.05) is 5.22 Å². The van der Waals surface area contributed by atoms with Crippen LogP contribution in [-0.2, 0) is 6.42 Å². The minimum Gasteiger partial charge on any atom is -0.357 e. The van der Waals surface area contributed by atoms with E-state index in [4.69, 9.17) is 4.52 Å². The third kappa shape index (κ3) is 5.87. The number of hydrogen-bond donors (Lipinski definition) is 1. The molecule has 0 bridgehead atoms. The molecular weight excluding hydrogens is 284 g/mol. The topological polar surface area (TPSA) is 52.0 Å². The summed E-state index contributed by atoms with van der Waals surface area (Å²) in [5.41, 5.74) is 9.37. The van der Waals surface area contributed by atoms with E-state index in [9.17, 15) is 0 Å². The fourth-order valence-corrected chi connectivity index (χ4v) is 2.23. The Kier molecular flexibility index (Phi) is 8.06. The predicted octanol–water partition coefficient (Wildman–Crippen LogP) is 3.14. The van der Waals surface area contributed by atoms with Crippen LogP contribution in [0.15, 0.2) is 46.6 Å². The summed E-state index contributed by atoms with van der Waals surface area (Å²) < 4.78 is 5.13. The molecule has 0 atom stereocenters. The van der Waals surface area contributed by atoms with E-state index < -0.39 is 0 Å². The van der Waals surface area contributed by atoms with Gasteiger partial charge in [-0.2, -0.15) is 0 Å². The maximum Gasteiger partial charge on any atom is 0.162 e. The second-order valence-electron chi connectivity index (χ2n) is 5.69. The van der Waals surface area contributed by atoms with Crippen molar-refractivity contribution in [3.05, 3.63) is 63.9 Å². The molecule has 0 saturated heterocycles. The molecule has 0 aliphatic rings. The highest BCUT2D eigenvalue weighted by Gasteiger charge is 1.99. The number of aromatic nitrogens is 1. The monoisotopic (exact) mass is 312 g/mol. The van der Waals surface area contributed by atoms with Crippen molar-refractivity contribution >= 4 is 12.2 Å². The van der Waals surface area contributed by atoms with Crippen molar-refractivity contribution in [1.29, 1.82) is 0 Å². The second kappa shape index (κ2) is 9.80. The Balaban J connectivity index is 0.00000127. The SMILES string of the molecule is C/C=c1/onc/c1=C/C=C(\C)Cc1ccc(C(C)C)cc1.CN. The number of benzene rings is 1. The molecule has 3 nitrogen and oxygen atoms in total. The van der Waals surface area contributed by atoms with Crippen LogP contribution in [0.25, 0.3) is 12.2 Å². The molecule has 124 valence electrons. The van der Waals surface area contributed by atoms with Crippen molar-refractivity contribution in [2.24, 2.45) is 5.73 Å². The van der Waals surface area contributed by atoms with Crippen LogP contribution in [0, 0.1) is 0 Å². The van der Waals surface area contributed by atoms with Gasteiger partial charge in [-0.15, -0.1) is 0 Å². The zero-order valence-corrected chi connectivity index (χ0v) is 14.8. The molecule has 2 aromatic rings. The molecule has 0 unspecified atom stereocenters. The first-order valence-electron chi connectivity index (χ1n) is 8.01. The maximum absolute atomic E-state index is 5.13. The molecule has 3 heteroatoms. The lowest BCUT2D eigenvalue weighted by Crippen LogP contribution is -2.17. The molecule has 0 spiro atoms. The molecule has 0 amide bonds. The molecule has 0 fully saturated rings. The number of nitrogens with two attached hydrogens (primary N) is 1. The second-order valence-corrected chi connectivity index (χ2v) is 5.69. The van der Waals surface area contributed by atoms with Crippen molar-refractivity contribution in [3.63, 3.8) is 0 Å². The fourth-order valence-electron chi connectivity index (χ4n) is 2.23. The highest BCUT2D eigenvalue weighted by Crippen LogP contribution is 2.16. The highest BCUT2D eigenvalue weighted by molar-refractivity contribution is 5.40. The average Bonchev–Trinajstić information content (AvgIpc) is 3.03. The number of allylic oxidation sites excluding steroid dienone is 2. The molecule has 0 aliphatic carbocycles. The van der Waals surface area contributed by atoms with E-state index in [0.29, 0.717) is 5.92 Å². The van der Waals surface area contributed by atoms with Gasteiger partial charge in [-0.3, -0.25) is 0 Å². The van der Waals surface area contributed by atoms with Gasteiger partial charge in [0.25, 0.3) is 0 Å². The number of nitrogens with zero attached hydrogens (tertiary/aromatic N) is 1. The van der Waals surface area contributed by atoms with Crippen LogP contribution in [0.4, 0.5) is 0 Å². The minimum atomic E-state index is 0.585. The van der Waals surface area contributed by atoms with Crippen molar-refractivity contribution < 1.29 is 4.52 Å². The summed E-state index contributed by atoms with van der Waals surface area (Å²) in [5.74, 6) is 0.585. The lowest BCUT2D eigenvalue weighted by Gasteiger charge is -2.07. The molecule has 2 N–H and O–H groups in total. The average molecular weight is 312 g/mol. The Hall–Kier alpha value is -2.13. The Morgan fingerprint density at radius 3 is 2.43 bits per heavy atom. The summed E-state index contributed by atoms with van der Waals surface area (Å²) in [5, 5.41) is 4.83. The minimum absolute atomic E-state index is 0.585. The summed E-state index contributed by atoms with van der Waals surface area (Å²) in [6.07, 6.45) is 8.83. The smallest absolute Gasteiger partial charge is 0.162 e. The van der Waals surface area contributed by atoms with E-state index >= 15 is 0 Å². The van der Waals surface area contributed by atoms with Crippen molar-refractivity contribution in [2.75, 3.05) is 7.05 Å². The summed E-state index contributed by atoms with van der Waals surface area (Å²) in [7, 11) is 1.50. The summed E-state index contributed by atoms with van der Waals surface area (Å²) in [4.78, 5) is 0. The summed E-state index contributed by atoms with van der Waals surface area (Å²) in [6, 6.07) is 8.89. The first-order chi connectivity index (χ1) is 11.1. The van der Waals surface area contributed by atoms with Gasteiger partial charge in [0.1, 0.15) is 0 Å². The standard InChI is InChI=1S/C19H23NO.CH5N/c1-5-19-18(13-20-21-19)9-6-15(4)12-16-7-10-17(11-8-16)14(2)3;1-2/h5-11,13-14H,12H2,1-4H3;2H2,1H3/b15-6+,18-9-,19-5+;. The molecule has 1 aromatic carbocycles. The molecular formula is C20H28N2O. The Morgan fingerprint density at radius 2 is 1.87 bits per heavy atom. The van der Waals surface area contributed by atoms with E-state index in [2.05, 4.69) is 68.1 Å². The largest absolute Gasteiger partial charge is 0.357 e. The van der Waals surface area contributed by atoms with Crippen LogP contribution in [0.3, 0.4) is 0 Å². The van der Waals surface area contributed by atoms with Gasteiger partial charge in [-0.05, 0) is 56.5 Å². The van der Waals surface area contributed by atoms with Gasteiger partial charge in [0.05, 0.1) is 6.20 Å². The van der Waals surface area contributed by atoms with Crippen LogP contribution < -0.4 is 16.4 Å². The molecule has 2 rings (SSSR count). The van der Waals surface area contributed by atoms with Gasteiger partial charge in [0.2, 0.25) is 0 Å². The van der Waals surface area contributed by atoms with Gasteiger partial charge in [-0.25, -0.2) is 0 Å². The first-order valence-corrected chi connectivity index (χ1v) is 8.01. The van der Waals surface area contributed by atoms with Crippen LogP contribution in [0.5, 0.6) is 0 Å². The zero-order chi connectivity index (χ0) is 17.2. The molecule has 1 aromatic heterocycles. The van der Waals surface area contributed by atoms with Crippen molar-refractivity contribution in [2.45, 2.75) is 40.0 Å². The van der Waals surface area contributed by atoms with Crippen LogP contribution >= 0.6 is 0 Å². The molecule has 23 heavy (non-hydrogen) atoms. The normalized spacial score (nSPS) is 13.3. The van der Waals surface area contributed by atoms with Crippen molar-refractivity contribution in [3.8, 4) is 0 Å². The number of hydrogen-bond acceptors (Lipinski definition) is 3. The van der Waals surface area contributed by atoms with E-state index in [1.165, 1.54) is 23.7 Å². The molecule has 1 heterocycles. The van der Waals surface area contributed by atoms with E-state index in [0.717, 1.165) is 17.1 Å². The quantitative estimate of drug-likeness (QED) is 0.943. The molecule has 0 saturated carbocycles. The van der Waals surface area contributed by atoms with Gasteiger partial charge in [-0.1, -0.05) is 54.9 Å². The Labute approximate surface area is 139 Å². The van der Waals surface area contributed by atoms with Gasteiger partial charge in [0.15, 0.2) is 5.42 Å². The molecule has 0 aliphatic heterocycles.